The summed E-state index contributed by atoms with van der Waals surface area (Å²) in [6, 6.07) is 0. The fourth-order valence-corrected chi connectivity index (χ4v) is 1.73. The van der Waals surface area contributed by atoms with E-state index < -0.39 is 11.4 Å². The molecule has 0 heterocycles. The molecule has 0 aromatic rings. The minimum absolute atomic E-state index is 0.0277. The van der Waals surface area contributed by atoms with E-state index in [1.165, 1.54) is 0 Å². The van der Waals surface area contributed by atoms with E-state index in [1.807, 2.05) is 27.7 Å². The second-order valence-corrected chi connectivity index (χ2v) is 5.22. The van der Waals surface area contributed by atoms with E-state index in [0.29, 0.717) is 26.3 Å². The summed E-state index contributed by atoms with van der Waals surface area (Å²) in [5, 5.41) is 9.32. The molecule has 0 saturated heterocycles. The zero-order chi connectivity index (χ0) is 15.1. The molecule has 5 heteroatoms. The summed E-state index contributed by atoms with van der Waals surface area (Å²) < 4.78 is 5.23. The summed E-state index contributed by atoms with van der Waals surface area (Å²) in [6.45, 7) is 11.3. The molecule has 0 saturated carbocycles. The molecule has 19 heavy (non-hydrogen) atoms. The average molecular weight is 273 g/mol. The third-order valence-corrected chi connectivity index (χ3v) is 3.73. The lowest BCUT2D eigenvalue weighted by Gasteiger charge is -2.31. The van der Waals surface area contributed by atoms with Gasteiger partial charge in [0.1, 0.15) is 0 Å². The maximum absolute atomic E-state index is 12.2. The molecule has 5 nitrogen and oxygen atoms in total. The molecular formula is C14H27NO4. The van der Waals surface area contributed by atoms with E-state index in [2.05, 4.69) is 0 Å². The quantitative estimate of drug-likeness (QED) is 0.653. The molecule has 0 aromatic heterocycles. The van der Waals surface area contributed by atoms with Crippen LogP contribution < -0.4 is 0 Å². The predicted molar refractivity (Wildman–Crippen MR) is 73.9 cm³/mol. The van der Waals surface area contributed by atoms with Crippen molar-refractivity contribution < 1.29 is 19.4 Å². The molecule has 0 bridgehead atoms. The maximum atomic E-state index is 12.2. The fourth-order valence-electron chi connectivity index (χ4n) is 1.73. The maximum Gasteiger partial charge on any atom is 0.310 e. The third-order valence-electron chi connectivity index (χ3n) is 3.73. The highest BCUT2D eigenvalue weighted by molar-refractivity contribution is 5.85. The fraction of sp³-hybridized carbons (Fsp3) is 0.857. The SMILES string of the molecule is CCOCCN(CC)C(=O)CC(C)(C(=O)O)C(C)C. The molecule has 0 aliphatic rings. The minimum atomic E-state index is -1.02. The summed E-state index contributed by atoms with van der Waals surface area (Å²) in [7, 11) is 0. The van der Waals surface area contributed by atoms with Crippen molar-refractivity contribution in [3.05, 3.63) is 0 Å². The van der Waals surface area contributed by atoms with Crippen molar-refractivity contribution >= 4 is 11.9 Å². The lowest BCUT2D eigenvalue weighted by Crippen LogP contribution is -2.42. The van der Waals surface area contributed by atoms with Crippen LogP contribution in [0.2, 0.25) is 0 Å². The number of hydrogen-bond acceptors (Lipinski definition) is 3. The first-order valence-corrected chi connectivity index (χ1v) is 6.88. The number of likely N-dealkylation sites (N-methyl/N-ethyl adjacent to an activating group) is 1. The Balaban J connectivity index is 4.65. The minimum Gasteiger partial charge on any atom is -0.481 e. The number of amides is 1. The van der Waals surface area contributed by atoms with Gasteiger partial charge < -0.3 is 14.7 Å². The van der Waals surface area contributed by atoms with E-state index in [1.54, 1.807) is 11.8 Å². The molecular weight excluding hydrogens is 246 g/mol. The number of ether oxygens (including phenoxy) is 1. The molecule has 0 fully saturated rings. The molecule has 112 valence electrons. The molecule has 1 amide bonds. The molecule has 0 spiro atoms. The van der Waals surface area contributed by atoms with Crippen molar-refractivity contribution in [2.75, 3.05) is 26.3 Å². The number of rotatable bonds is 9. The number of hydrogen-bond donors (Lipinski definition) is 1. The van der Waals surface area contributed by atoms with Crippen LogP contribution >= 0.6 is 0 Å². The van der Waals surface area contributed by atoms with Gasteiger partial charge in [-0.15, -0.1) is 0 Å². The van der Waals surface area contributed by atoms with Crippen molar-refractivity contribution in [1.29, 1.82) is 0 Å². The summed E-state index contributed by atoms with van der Waals surface area (Å²) in [5.41, 5.74) is -1.02. The highest BCUT2D eigenvalue weighted by Crippen LogP contribution is 2.32. The zero-order valence-corrected chi connectivity index (χ0v) is 12.7. The molecule has 0 aliphatic heterocycles. The number of carboxylic acid groups (broad SMARTS) is 1. The summed E-state index contributed by atoms with van der Waals surface area (Å²) >= 11 is 0. The Morgan fingerprint density at radius 2 is 1.89 bits per heavy atom. The van der Waals surface area contributed by atoms with Crippen LogP contribution in [0, 0.1) is 11.3 Å². The van der Waals surface area contributed by atoms with Crippen molar-refractivity contribution in [3.8, 4) is 0 Å². The highest BCUT2D eigenvalue weighted by Gasteiger charge is 2.39. The summed E-state index contributed by atoms with van der Waals surface area (Å²) in [6.07, 6.45) is 0.0277. The first-order valence-electron chi connectivity index (χ1n) is 6.88. The Labute approximate surface area is 115 Å². The van der Waals surface area contributed by atoms with Crippen LogP contribution in [0.4, 0.5) is 0 Å². The van der Waals surface area contributed by atoms with Gasteiger partial charge in [-0.1, -0.05) is 13.8 Å². The van der Waals surface area contributed by atoms with E-state index >= 15 is 0 Å². The molecule has 0 rings (SSSR count). The number of carbonyl (C=O) groups is 2. The average Bonchev–Trinajstić information content (AvgIpc) is 2.33. The van der Waals surface area contributed by atoms with Crippen LogP contribution in [-0.4, -0.2) is 48.2 Å². The van der Waals surface area contributed by atoms with Crippen molar-refractivity contribution in [1.82, 2.24) is 4.90 Å². The smallest absolute Gasteiger partial charge is 0.310 e. The number of aliphatic carboxylic acids is 1. The van der Waals surface area contributed by atoms with Crippen LogP contribution in [0.5, 0.6) is 0 Å². The lowest BCUT2D eigenvalue weighted by atomic mass is 9.76. The first-order chi connectivity index (χ1) is 8.79. The van der Waals surface area contributed by atoms with E-state index in [0.717, 1.165) is 0 Å². The standard InChI is InChI=1S/C14H27NO4/c1-6-15(8-9-19-7-2)12(16)10-14(5,11(3)4)13(17)18/h11H,6-10H2,1-5H3,(H,17,18). The first kappa shape index (κ1) is 17.9. The van der Waals surface area contributed by atoms with E-state index in [-0.39, 0.29) is 18.2 Å². The molecule has 1 unspecified atom stereocenters. The monoisotopic (exact) mass is 273 g/mol. The number of nitrogens with zero attached hydrogens (tertiary/aromatic N) is 1. The Morgan fingerprint density at radius 1 is 1.32 bits per heavy atom. The summed E-state index contributed by atoms with van der Waals surface area (Å²) in [5.74, 6) is -1.14. The van der Waals surface area contributed by atoms with Crippen LogP contribution in [0.1, 0.15) is 41.0 Å². The Morgan fingerprint density at radius 3 is 2.26 bits per heavy atom. The third kappa shape index (κ3) is 5.19. The van der Waals surface area contributed by atoms with Crippen LogP contribution in [0.3, 0.4) is 0 Å². The Hall–Kier alpha value is -1.10. The van der Waals surface area contributed by atoms with Crippen molar-refractivity contribution in [2.24, 2.45) is 11.3 Å². The largest absolute Gasteiger partial charge is 0.481 e. The second-order valence-electron chi connectivity index (χ2n) is 5.22. The van der Waals surface area contributed by atoms with Gasteiger partial charge in [0.25, 0.3) is 0 Å². The van der Waals surface area contributed by atoms with Gasteiger partial charge >= 0.3 is 5.97 Å². The van der Waals surface area contributed by atoms with Gasteiger partial charge in [-0.25, -0.2) is 0 Å². The second kappa shape index (κ2) is 8.15. The van der Waals surface area contributed by atoms with Gasteiger partial charge in [0, 0.05) is 26.1 Å². The van der Waals surface area contributed by atoms with Gasteiger partial charge in [-0.05, 0) is 26.7 Å². The van der Waals surface area contributed by atoms with Gasteiger partial charge in [-0.3, -0.25) is 9.59 Å². The van der Waals surface area contributed by atoms with E-state index in [4.69, 9.17) is 4.74 Å². The van der Waals surface area contributed by atoms with Crippen LogP contribution in [0.25, 0.3) is 0 Å². The molecule has 0 radical (unpaired) electrons. The molecule has 0 aliphatic carbocycles. The van der Waals surface area contributed by atoms with Gasteiger partial charge in [0.05, 0.1) is 12.0 Å². The molecule has 0 aromatic carbocycles. The molecule has 1 N–H and O–H groups in total. The topological polar surface area (TPSA) is 66.8 Å². The predicted octanol–water partition coefficient (Wildman–Crippen LogP) is 2.01. The highest BCUT2D eigenvalue weighted by atomic mass is 16.5. The van der Waals surface area contributed by atoms with Crippen LogP contribution in [0.15, 0.2) is 0 Å². The van der Waals surface area contributed by atoms with Gasteiger partial charge in [-0.2, -0.15) is 0 Å². The Bertz CT molecular complexity index is 304. The lowest BCUT2D eigenvalue weighted by molar-refractivity contribution is -0.155. The molecule has 1 atom stereocenters. The van der Waals surface area contributed by atoms with Crippen molar-refractivity contribution in [3.63, 3.8) is 0 Å². The number of carbonyl (C=O) groups excluding carboxylic acids is 1. The van der Waals surface area contributed by atoms with E-state index in [9.17, 15) is 14.7 Å². The zero-order valence-electron chi connectivity index (χ0n) is 12.7. The van der Waals surface area contributed by atoms with Crippen LogP contribution in [-0.2, 0) is 14.3 Å². The van der Waals surface area contributed by atoms with Crippen molar-refractivity contribution in [2.45, 2.75) is 41.0 Å². The van der Waals surface area contributed by atoms with Gasteiger partial charge in [0.15, 0.2) is 0 Å². The van der Waals surface area contributed by atoms with Gasteiger partial charge in [0.2, 0.25) is 5.91 Å². The Kier molecular flexibility index (Phi) is 7.68. The summed E-state index contributed by atoms with van der Waals surface area (Å²) in [4.78, 5) is 25.2. The number of carboxylic acids is 1. The normalized spacial score (nSPS) is 14.2.